The zero-order chi connectivity index (χ0) is 20.3. The molecule has 0 radical (unpaired) electrons. The van der Waals surface area contributed by atoms with E-state index in [1.165, 1.54) is 6.08 Å². The maximum absolute atomic E-state index is 12.1. The van der Waals surface area contributed by atoms with Crippen LogP contribution in [0.15, 0.2) is 84.9 Å². The van der Waals surface area contributed by atoms with Gasteiger partial charge in [-0.15, -0.1) is 0 Å². The van der Waals surface area contributed by atoms with Crippen molar-refractivity contribution < 1.29 is 19.0 Å². The zero-order valence-electron chi connectivity index (χ0n) is 16.2. The molecule has 0 saturated heterocycles. The number of methoxy groups -OCH3 is 1. The minimum absolute atomic E-state index is 0.221. The summed E-state index contributed by atoms with van der Waals surface area (Å²) in [7, 11) is 1.60. The van der Waals surface area contributed by atoms with Crippen LogP contribution in [0.2, 0.25) is 0 Å². The zero-order valence-corrected chi connectivity index (χ0v) is 16.2. The molecule has 0 fully saturated rings. The number of rotatable bonds is 9. The van der Waals surface area contributed by atoms with Crippen molar-refractivity contribution in [2.45, 2.75) is 0 Å². The van der Waals surface area contributed by atoms with Crippen LogP contribution >= 0.6 is 0 Å². The van der Waals surface area contributed by atoms with Crippen molar-refractivity contribution in [1.29, 1.82) is 0 Å². The fraction of sp³-hybridized carbons (Fsp3) is 0.125. The van der Waals surface area contributed by atoms with Crippen LogP contribution in [0, 0.1) is 0 Å². The highest BCUT2D eigenvalue weighted by molar-refractivity contribution is 6.02. The minimum Gasteiger partial charge on any atom is -0.496 e. The van der Waals surface area contributed by atoms with E-state index in [1.807, 2.05) is 66.7 Å². The fourth-order valence-electron chi connectivity index (χ4n) is 2.62. The standard InChI is InChI=1S/C24H23NO4/c1-27-23-10-6-5-7-19(23)11-16-24(26)25-20-12-14-22(15-13-20)29-18-17-28-21-8-3-2-4-9-21/h2-16H,17-18H2,1H3,(H,25,26). The Labute approximate surface area is 170 Å². The van der Waals surface area contributed by atoms with Crippen molar-refractivity contribution in [3.63, 3.8) is 0 Å². The number of hydrogen-bond acceptors (Lipinski definition) is 4. The summed E-state index contributed by atoms with van der Waals surface area (Å²) in [5, 5.41) is 2.82. The molecule has 148 valence electrons. The second-order valence-electron chi connectivity index (χ2n) is 6.10. The highest BCUT2D eigenvalue weighted by atomic mass is 16.5. The molecule has 0 unspecified atom stereocenters. The Hall–Kier alpha value is -3.73. The van der Waals surface area contributed by atoms with E-state index in [4.69, 9.17) is 14.2 Å². The summed E-state index contributed by atoms with van der Waals surface area (Å²) >= 11 is 0. The van der Waals surface area contributed by atoms with E-state index in [0.29, 0.717) is 30.4 Å². The molecular formula is C24H23NO4. The molecule has 0 aliphatic heterocycles. The van der Waals surface area contributed by atoms with Gasteiger partial charge in [0.1, 0.15) is 30.5 Å². The van der Waals surface area contributed by atoms with Crippen LogP contribution in [-0.4, -0.2) is 26.2 Å². The number of para-hydroxylation sites is 2. The molecule has 3 aromatic carbocycles. The van der Waals surface area contributed by atoms with Gasteiger partial charge < -0.3 is 19.5 Å². The molecule has 0 aromatic heterocycles. The van der Waals surface area contributed by atoms with Gasteiger partial charge in [-0.25, -0.2) is 0 Å². The number of nitrogens with one attached hydrogen (secondary N) is 1. The molecular weight excluding hydrogens is 366 g/mol. The lowest BCUT2D eigenvalue weighted by Crippen LogP contribution is -2.09. The van der Waals surface area contributed by atoms with Crippen LogP contribution in [-0.2, 0) is 4.79 Å². The van der Waals surface area contributed by atoms with E-state index in [2.05, 4.69) is 5.32 Å². The Kier molecular flexibility index (Phi) is 7.29. The van der Waals surface area contributed by atoms with Crippen molar-refractivity contribution in [3.8, 4) is 17.2 Å². The third-order valence-electron chi connectivity index (χ3n) is 4.04. The van der Waals surface area contributed by atoms with Crippen molar-refractivity contribution in [2.75, 3.05) is 25.6 Å². The van der Waals surface area contributed by atoms with Crippen LogP contribution in [0.4, 0.5) is 5.69 Å². The van der Waals surface area contributed by atoms with Crippen LogP contribution in [0.1, 0.15) is 5.56 Å². The van der Waals surface area contributed by atoms with E-state index >= 15 is 0 Å². The first-order chi connectivity index (χ1) is 14.2. The second kappa shape index (κ2) is 10.6. The number of carbonyl (C=O) groups excluding carboxylic acids is 1. The smallest absolute Gasteiger partial charge is 0.248 e. The molecule has 5 nitrogen and oxygen atoms in total. The Morgan fingerprint density at radius 3 is 2.14 bits per heavy atom. The first-order valence-electron chi connectivity index (χ1n) is 9.27. The Balaban J connectivity index is 1.44. The summed E-state index contributed by atoms with van der Waals surface area (Å²) < 4.78 is 16.5. The first-order valence-corrected chi connectivity index (χ1v) is 9.27. The van der Waals surface area contributed by atoms with E-state index in [0.717, 1.165) is 11.3 Å². The minimum atomic E-state index is -0.221. The molecule has 0 bridgehead atoms. The molecule has 29 heavy (non-hydrogen) atoms. The Morgan fingerprint density at radius 1 is 0.828 bits per heavy atom. The predicted octanol–water partition coefficient (Wildman–Crippen LogP) is 4.80. The molecule has 3 aromatic rings. The van der Waals surface area contributed by atoms with Gasteiger partial charge in [-0.1, -0.05) is 36.4 Å². The maximum atomic E-state index is 12.1. The van der Waals surface area contributed by atoms with E-state index in [9.17, 15) is 4.79 Å². The summed E-state index contributed by atoms with van der Waals surface area (Å²) in [6, 6.07) is 24.3. The van der Waals surface area contributed by atoms with Crippen molar-refractivity contribution in [2.24, 2.45) is 0 Å². The molecule has 0 heterocycles. The molecule has 0 saturated carbocycles. The lowest BCUT2D eigenvalue weighted by atomic mass is 10.2. The molecule has 1 N–H and O–H groups in total. The summed E-state index contributed by atoms with van der Waals surface area (Å²) in [5.41, 5.74) is 1.53. The monoisotopic (exact) mass is 389 g/mol. The Bertz CT molecular complexity index is 937. The van der Waals surface area contributed by atoms with Crippen molar-refractivity contribution >= 4 is 17.7 Å². The molecule has 1 amide bonds. The molecule has 0 spiro atoms. The van der Waals surface area contributed by atoms with Gasteiger partial charge >= 0.3 is 0 Å². The van der Waals surface area contributed by atoms with Gasteiger partial charge in [0.25, 0.3) is 0 Å². The van der Waals surface area contributed by atoms with Crippen molar-refractivity contribution in [3.05, 3.63) is 90.5 Å². The lowest BCUT2D eigenvalue weighted by molar-refractivity contribution is -0.111. The van der Waals surface area contributed by atoms with E-state index < -0.39 is 0 Å². The van der Waals surface area contributed by atoms with Gasteiger partial charge in [0.2, 0.25) is 5.91 Å². The normalized spacial score (nSPS) is 10.5. The third-order valence-corrected chi connectivity index (χ3v) is 4.04. The average molecular weight is 389 g/mol. The summed E-state index contributed by atoms with van der Waals surface area (Å²) in [6.45, 7) is 0.887. The summed E-state index contributed by atoms with van der Waals surface area (Å²) in [5.74, 6) is 2.02. The van der Waals surface area contributed by atoms with Gasteiger partial charge in [0.05, 0.1) is 7.11 Å². The number of ether oxygens (including phenoxy) is 3. The topological polar surface area (TPSA) is 56.8 Å². The van der Waals surface area contributed by atoms with Gasteiger partial charge in [-0.2, -0.15) is 0 Å². The second-order valence-corrected chi connectivity index (χ2v) is 6.10. The number of anilines is 1. The van der Waals surface area contributed by atoms with Crippen LogP contribution in [0.25, 0.3) is 6.08 Å². The number of carbonyl (C=O) groups is 1. The molecule has 0 atom stereocenters. The largest absolute Gasteiger partial charge is 0.496 e. The van der Waals surface area contributed by atoms with Crippen molar-refractivity contribution in [1.82, 2.24) is 0 Å². The quantitative estimate of drug-likeness (QED) is 0.422. The van der Waals surface area contributed by atoms with Crippen LogP contribution < -0.4 is 19.5 Å². The number of hydrogen-bond donors (Lipinski definition) is 1. The average Bonchev–Trinajstić information content (AvgIpc) is 2.77. The Morgan fingerprint density at radius 2 is 1.45 bits per heavy atom. The SMILES string of the molecule is COc1ccccc1C=CC(=O)Nc1ccc(OCCOc2ccccc2)cc1. The highest BCUT2D eigenvalue weighted by Gasteiger charge is 2.02. The summed E-state index contributed by atoms with van der Waals surface area (Å²) in [4.78, 5) is 12.1. The van der Waals surface area contributed by atoms with Gasteiger partial charge in [-0.3, -0.25) is 4.79 Å². The maximum Gasteiger partial charge on any atom is 0.248 e. The van der Waals surface area contributed by atoms with Crippen LogP contribution in [0.3, 0.4) is 0 Å². The van der Waals surface area contributed by atoms with E-state index in [-0.39, 0.29) is 5.91 Å². The molecule has 0 aliphatic rings. The van der Waals surface area contributed by atoms with Gasteiger partial charge in [0, 0.05) is 17.3 Å². The first kappa shape index (κ1) is 20.0. The summed E-state index contributed by atoms with van der Waals surface area (Å²) in [6.07, 6.45) is 3.20. The third kappa shape index (κ3) is 6.43. The van der Waals surface area contributed by atoms with Crippen LogP contribution in [0.5, 0.6) is 17.2 Å². The molecule has 0 aliphatic carbocycles. The van der Waals surface area contributed by atoms with E-state index in [1.54, 1.807) is 25.3 Å². The molecule has 3 rings (SSSR count). The van der Waals surface area contributed by atoms with Gasteiger partial charge in [-0.05, 0) is 48.5 Å². The fourth-order valence-corrected chi connectivity index (χ4v) is 2.62. The molecule has 5 heteroatoms. The number of benzene rings is 3. The highest BCUT2D eigenvalue weighted by Crippen LogP contribution is 2.19. The van der Waals surface area contributed by atoms with Gasteiger partial charge in [0.15, 0.2) is 0 Å². The predicted molar refractivity (Wildman–Crippen MR) is 115 cm³/mol. The lowest BCUT2D eigenvalue weighted by Gasteiger charge is -2.09. The number of amides is 1.